The molecule has 1 aromatic carbocycles. The quantitative estimate of drug-likeness (QED) is 0.672. The van der Waals surface area contributed by atoms with Crippen LogP contribution >= 0.6 is 0 Å². The minimum absolute atomic E-state index is 0.142. The topological polar surface area (TPSA) is 98.5 Å². The van der Waals surface area contributed by atoms with Gasteiger partial charge in [-0.1, -0.05) is 6.07 Å². The van der Waals surface area contributed by atoms with Crippen molar-refractivity contribution < 1.29 is 14.3 Å². The van der Waals surface area contributed by atoms with Gasteiger partial charge >= 0.3 is 5.97 Å². The zero-order valence-corrected chi connectivity index (χ0v) is 15.5. The van der Waals surface area contributed by atoms with Crippen LogP contribution in [0.3, 0.4) is 0 Å². The van der Waals surface area contributed by atoms with Crippen molar-refractivity contribution in [2.24, 2.45) is 0 Å². The number of amides is 1. The van der Waals surface area contributed by atoms with Crippen molar-refractivity contribution in [3.05, 3.63) is 53.0 Å². The number of hydrogen-bond acceptors (Lipinski definition) is 6. The Labute approximate surface area is 156 Å². The molecule has 0 aliphatic heterocycles. The van der Waals surface area contributed by atoms with Gasteiger partial charge in [-0.2, -0.15) is 5.10 Å². The first kappa shape index (κ1) is 18.5. The van der Waals surface area contributed by atoms with Crippen LogP contribution in [0.15, 0.2) is 30.6 Å². The number of anilines is 1. The summed E-state index contributed by atoms with van der Waals surface area (Å²) in [6, 6.07) is 6.70. The lowest BCUT2D eigenvalue weighted by molar-refractivity contribution is -0.116. The molecule has 0 saturated heterocycles. The van der Waals surface area contributed by atoms with Gasteiger partial charge in [-0.15, -0.1) is 10.2 Å². The second kappa shape index (κ2) is 7.94. The van der Waals surface area contributed by atoms with Crippen molar-refractivity contribution in [2.45, 2.75) is 33.6 Å². The summed E-state index contributed by atoms with van der Waals surface area (Å²) in [7, 11) is 0. The fraction of sp³-hybridized carbons (Fsp3) is 0.316. The number of hydrogen-bond donors (Lipinski definition) is 1. The predicted octanol–water partition coefficient (Wildman–Crippen LogP) is 2.49. The van der Waals surface area contributed by atoms with E-state index >= 15 is 0 Å². The molecule has 2 aromatic heterocycles. The van der Waals surface area contributed by atoms with Gasteiger partial charge in [0.15, 0.2) is 5.65 Å². The number of carbonyl (C=O) groups excluding carboxylic acids is 2. The van der Waals surface area contributed by atoms with Crippen LogP contribution in [0.5, 0.6) is 0 Å². The number of fused-ring (bicyclic) bond motifs is 1. The molecule has 1 N–H and O–H groups in total. The highest BCUT2D eigenvalue weighted by Gasteiger charge is 2.13. The summed E-state index contributed by atoms with van der Waals surface area (Å²) >= 11 is 0. The molecule has 0 unspecified atom stereocenters. The van der Waals surface area contributed by atoms with Gasteiger partial charge in [0.1, 0.15) is 6.33 Å². The molecule has 140 valence electrons. The Balaban J connectivity index is 1.67. The maximum Gasteiger partial charge on any atom is 0.338 e. The van der Waals surface area contributed by atoms with Crippen LogP contribution in [-0.4, -0.2) is 38.3 Å². The Bertz CT molecular complexity index is 996. The van der Waals surface area contributed by atoms with Gasteiger partial charge in [0.25, 0.3) is 0 Å². The van der Waals surface area contributed by atoms with E-state index in [0.717, 1.165) is 16.8 Å². The summed E-state index contributed by atoms with van der Waals surface area (Å²) in [4.78, 5) is 24.1. The molecule has 3 aromatic rings. The Morgan fingerprint density at radius 1 is 1.26 bits per heavy atom. The van der Waals surface area contributed by atoms with E-state index in [1.54, 1.807) is 42.0 Å². The maximum absolute atomic E-state index is 12.3. The zero-order chi connectivity index (χ0) is 19.4. The van der Waals surface area contributed by atoms with Gasteiger partial charge in [0.2, 0.25) is 5.91 Å². The number of rotatable bonds is 6. The van der Waals surface area contributed by atoms with E-state index in [4.69, 9.17) is 4.74 Å². The standard InChI is InChI=1S/C19H21N5O3/c1-4-27-19(26)14-6-5-7-15(10-14)21-17(25)9-8-16-12(2)18-22-20-11-24(18)23-13(16)3/h5-7,10-11H,4,8-9H2,1-3H3,(H,21,25). The Kier molecular flexibility index (Phi) is 5.44. The molecule has 0 aliphatic rings. The first-order chi connectivity index (χ1) is 13.0. The number of carbonyl (C=O) groups is 2. The number of aromatic nitrogens is 4. The Hall–Kier alpha value is -3.29. The van der Waals surface area contributed by atoms with Crippen LogP contribution in [0.4, 0.5) is 5.69 Å². The second-order valence-corrected chi connectivity index (χ2v) is 6.14. The molecule has 8 nitrogen and oxygen atoms in total. The van der Waals surface area contributed by atoms with Gasteiger partial charge in [-0.3, -0.25) is 4.79 Å². The summed E-state index contributed by atoms with van der Waals surface area (Å²) < 4.78 is 6.61. The molecule has 0 aliphatic carbocycles. The molecule has 0 radical (unpaired) electrons. The van der Waals surface area contributed by atoms with Crippen LogP contribution in [-0.2, 0) is 16.0 Å². The van der Waals surface area contributed by atoms with E-state index in [2.05, 4.69) is 20.6 Å². The number of esters is 1. The zero-order valence-electron chi connectivity index (χ0n) is 15.5. The van der Waals surface area contributed by atoms with Crippen LogP contribution in [0.25, 0.3) is 5.65 Å². The first-order valence-corrected chi connectivity index (χ1v) is 8.72. The highest BCUT2D eigenvalue weighted by atomic mass is 16.5. The van der Waals surface area contributed by atoms with Crippen molar-refractivity contribution >= 4 is 23.2 Å². The fourth-order valence-corrected chi connectivity index (χ4v) is 2.95. The summed E-state index contributed by atoms with van der Waals surface area (Å²) in [6.07, 6.45) is 2.39. The molecule has 0 bridgehead atoms. The SMILES string of the molecule is CCOC(=O)c1cccc(NC(=O)CCc2c(C)nn3cnnc3c2C)c1. The number of ether oxygens (including phenoxy) is 1. The lowest BCUT2D eigenvalue weighted by atomic mass is 10.0. The molecule has 0 fully saturated rings. The molecular formula is C19H21N5O3. The number of nitrogens with zero attached hydrogens (tertiary/aromatic N) is 4. The second-order valence-electron chi connectivity index (χ2n) is 6.14. The number of nitrogens with one attached hydrogen (secondary N) is 1. The summed E-state index contributed by atoms with van der Waals surface area (Å²) in [5.74, 6) is -0.552. The van der Waals surface area contributed by atoms with Crippen LogP contribution in [0.1, 0.15) is 40.5 Å². The van der Waals surface area contributed by atoms with Crippen molar-refractivity contribution in [3.63, 3.8) is 0 Å². The third-order valence-corrected chi connectivity index (χ3v) is 4.27. The molecule has 0 saturated carbocycles. The molecule has 0 spiro atoms. The van der Waals surface area contributed by atoms with E-state index in [-0.39, 0.29) is 12.3 Å². The molecule has 27 heavy (non-hydrogen) atoms. The van der Waals surface area contributed by atoms with Crippen molar-refractivity contribution in [1.29, 1.82) is 0 Å². The van der Waals surface area contributed by atoms with Gasteiger partial charge in [-0.05, 0) is 51.0 Å². The predicted molar refractivity (Wildman–Crippen MR) is 99.6 cm³/mol. The highest BCUT2D eigenvalue weighted by Crippen LogP contribution is 2.18. The smallest absolute Gasteiger partial charge is 0.338 e. The third-order valence-electron chi connectivity index (χ3n) is 4.27. The van der Waals surface area contributed by atoms with Gasteiger partial charge < -0.3 is 10.1 Å². The van der Waals surface area contributed by atoms with Gasteiger partial charge in [-0.25, -0.2) is 9.31 Å². The minimum Gasteiger partial charge on any atom is -0.462 e. The monoisotopic (exact) mass is 367 g/mol. The van der Waals surface area contributed by atoms with Gasteiger partial charge in [0, 0.05) is 17.7 Å². The Morgan fingerprint density at radius 3 is 2.85 bits per heavy atom. The fourth-order valence-electron chi connectivity index (χ4n) is 2.95. The van der Waals surface area contributed by atoms with E-state index < -0.39 is 5.97 Å². The summed E-state index contributed by atoms with van der Waals surface area (Å²) in [6.45, 7) is 5.91. The molecule has 8 heteroatoms. The molecular weight excluding hydrogens is 346 g/mol. The van der Waals surface area contributed by atoms with E-state index in [9.17, 15) is 9.59 Å². The van der Waals surface area contributed by atoms with E-state index in [1.807, 2.05) is 13.8 Å². The van der Waals surface area contributed by atoms with Gasteiger partial charge in [0.05, 0.1) is 17.9 Å². The number of benzene rings is 1. The van der Waals surface area contributed by atoms with Crippen molar-refractivity contribution in [3.8, 4) is 0 Å². The van der Waals surface area contributed by atoms with Crippen molar-refractivity contribution in [2.75, 3.05) is 11.9 Å². The molecule has 1 amide bonds. The number of aryl methyl sites for hydroxylation is 2. The minimum atomic E-state index is -0.410. The van der Waals surface area contributed by atoms with E-state index in [0.29, 0.717) is 29.9 Å². The van der Waals surface area contributed by atoms with Crippen LogP contribution < -0.4 is 5.32 Å². The first-order valence-electron chi connectivity index (χ1n) is 8.72. The van der Waals surface area contributed by atoms with Crippen LogP contribution in [0.2, 0.25) is 0 Å². The van der Waals surface area contributed by atoms with Crippen LogP contribution in [0, 0.1) is 13.8 Å². The summed E-state index contributed by atoms with van der Waals surface area (Å²) in [5.41, 5.74) is 4.46. The average molecular weight is 367 g/mol. The normalized spacial score (nSPS) is 10.8. The maximum atomic E-state index is 12.3. The molecule has 3 rings (SSSR count). The average Bonchev–Trinajstić information content (AvgIpc) is 3.10. The van der Waals surface area contributed by atoms with E-state index in [1.165, 1.54) is 0 Å². The van der Waals surface area contributed by atoms with Crippen molar-refractivity contribution in [1.82, 2.24) is 19.8 Å². The third kappa shape index (κ3) is 4.11. The largest absolute Gasteiger partial charge is 0.462 e. The lowest BCUT2D eigenvalue weighted by Gasteiger charge is -2.11. The summed E-state index contributed by atoms with van der Waals surface area (Å²) in [5, 5.41) is 15.2. The lowest BCUT2D eigenvalue weighted by Crippen LogP contribution is -2.14. The molecule has 0 atom stereocenters. The Morgan fingerprint density at radius 2 is 2.07 bits per heavy atom. The molecule has 2 heterocycles. The highest BCUT2D eigenvalue weighted by molar-refractivity contribution is 5.94.